The van der Waals surface area contributed by atoms with Crippen molar-refractivity contribution in [2.45, 2.75) is 5.92 Å². The summed E-state index contributed by atoms with van der Waals surface area (Å²) in [5, 5.41) is 16.0. The third kappa shape index (κ3) is 4.78. The van der Waals surface area contributed by atoms with E-state index in [4.69, 9.17) is 41.0 Å². The van der Waals surface area contributed by atoms with E-state index >= 15 is 0 Å². The molecule has 0 bridgehead atoms. The van der Waals surface area contributed by atoms with Crippen molar-refractivity contribution in [1.29, 1.82) is 0 Å². The highest BCUT2D eigenvalue weighted by Gasteiger charge is 2.32. The van der Waals surface area contributed by atoms with Crippen LogP contribution in [-0.2, 0) is 0 Å². The zero-order valence-corrected chi connectivity index (χ0v) is 21.4. The molecule has 39 heavy (non-hydrogen) atoms. The van der Waals surface area contributed by atoms with Gasteiger partial charge in [0.1, 0.15) is 11.6 Å². The van der Waals surface area contributed by atoms with Crippen molar-refractivity contribution < 1.29 is 4.92 Å². The number of para-hydroxylation sites is 1. The molecule has 0 unspecified atom stereocenters. The van der Waals surface area contributed by atoms with Gasteiger partial charge in [0.15, 0.2) is 9.54 Å². The summed E-state index contributed by atoms with van der Waals surface area (Å²) < 4.78 is 1.54. The van der Waals surface area contributed by atoms with Crippen LogP contribution in [-0.4, -0.2) is 34.6 Å². The lowest BCUT2D eigenvalue weighted by atomic mass is 9.85. The Kier molecular flexibility index (Phi) is 6.51. The minimum Gasteiger partial charge on any atom is -0.385 e. The van der Waals surface area contributed by atoms with Gasteiger partial charge >= 0.3 is 0 Å². The lowest BCUT2D eigenvalue weighted by Gasteiger charge is -2.19. The molecule has 0 saturated carbocycles. The van der Waals surface area contributed by atoms with Crippen LogP contribution in [0, 0.1) is 19.7 Å². The number of nitrogens with one attached hydrogen (secondary N) is 4. The summed E-state index contributed by atoms with van der Waals surface area (Å²) in [4.78, 5) is 47.7. The fraction of sp³-hybridized carbons (Fsp3) is 0.0417. The van der Waals surface area contributed by atoms with Crippen LogP contribution in [0.3, 0.4) is 0 Å². The van der Waals surface area contributed by atoms with Crippen LogP contribution in [0.1, 0.15) is 22.6 Å². The molecule has 5 aromatic rings. The molecule has 2 aromatic carbocycles. The summed E-state index contributed by atoms with van der Waals surface area (Å²) in [5.74, 6) is -1.34. The summed E-state index contributed by atoms with van der Waals surface area (Å²) in [6.07, 6.45) is 1.64. The molecule has 0 spiro atoms. The number of hydrogen-bond donors (Lipinski definition) is 6. The van der Waals surface area contributed by atoms with E-state index in [1.54, 1.807) is 10.9 Å². The molecule has 0 saturated heterocycles. The van der Waals surface area contributed by atoms with Gasteiger partial charge in [0.2, 0.25) is 0 Å². The van der Waals surface area contributed by atoms with Gasteiger partial charge in [-0.15, -0.1) is 0 Å². The van der Waals surface area contributed by atoms with Crippen molar-refractivity contribution >= 4 is 41.8 Å². The Labute approximate surface area is 228 Å². The van der Waals surface area contributed by atoms with E-state index in [1.165, 1.54) is 24.3 Å². The van der Waals surface area contributed by atoms with Gasteiger partial charge < -0.3 is 21.4 Å². The van der Waals surface area contributed by atoms with Crippen molar-refractivity contribution in [3.63, 3.8) is 0 Å². The Balaban J connectivity index is 1.88. The molecular formula is C24H19N9O4S2. The monoisotopic (exact) mass is 561 g/mol. The smallest absolute Gasteiger partial charge is 0.269 e. The first-order valence-electron chi connectivity index (χ1n) is 11.3. The minimum absolute atomic E-state index is 0.00933. The van der Waals surface area contributed by atoms with E-state index < -0.39 is 22.0 Å². The summed E-state index contributed by atoms with van der Waals surface area (Å²) in [7, 11) is 0. The Hall–Kier alpha value is -5.15. The first-order chi connectivity index (χ1) is 18.6. The van der Waals surface area contributed by atoms with Crippen LogP contribution >= 0.6 is 24.4 Å². The SMILES string of the molecule is Nc1[nH]c(=S)[nH]c(=O)c1C(c1cn(-c2ccccc2)nc1-c1ccc([N+](=O)[O-])cc1)c1c(N)[nH]c(=S)[nH]c1=O. The highest BCUT2D eigenvalue weighted by Crippen LogP contribution is 2.38. The molecule has 8 N–H and O–H groups in total. The first kappa shape index (κ1) is 25.5. The first-order valence-corrected chi connectivity index (χ1v) is 12.1. The predicted octanol–water partition coefficient (Wildman–Crippen LogP) is 3.28. The molecular weight excluding hydrogens is 542 g/mol. The number of nitrogens with zero attached hydrogens (tertiary/aromatic N) is 3. The highest BCUT2D eigenvalue weighted by molar-refractivity contribution is 7.71. The maximum atomic E-state index is 13.3. The number of rotatable bonds is 6. The largest absolute Gasteiger partial charge is 0.385 e. The molecule has 0 aliphatic heterocycles. The van der Waals surface area contributed by atoms with Crippen molar-refractivity contribution in [3.05, 3.63) is 118 Å². The molecule has 3 aromatic heterocycles. The van der Waals surface area contributed by atoms with E-state index in [0.717, 1.165) is 0 Å². The fourth-order valence-corrected chi connectivity index (χ4v) is 4.74. The number of aromatic amines is 4. The van der Waals surface area contributed by atoms with Crippen LogP contribution in [0.5, 0.6) is 0 Å². The number of H-pyrrole nitrogens is 4. The highest BCUT2D eigenvalue weighted by atomic mass is 32.1. The summed E-state index contributed by atoms with van der Waals surface area (Å²) >= 11 is 10.1. The second kappa shape index (κ2) is 9.96. The number of anilines is 2. The topological polar surface area (TPSA) is 210 Å². The van der Waals surface area contributed by atoms with Gasteiger partial charge in [-0.05, 0) is 48.7 Å². The molecule has 0 radical (unpaired) electrons. The molecule has 0 atom stereocenters. The van der Waals surface area contributed by atoms with Crippen LogP contribution in [0.15, 0.2) is 70.4 Å². The van der Waals surface area contributed by atoms with Gasteiger partial charge in [0.25, 0.3) is 16.8 Å². The van der Waals surface area contributed by atoms with E-state index in [2.05, 4.69) is 19.9 Å². The zero-order valence-electron chi connectivity index (χ0n) is 19.8. The Morgan fingerprint density at radius 1 is 0.846 bits per heavy atom. The summed E-state index contributed by atoms with van der Waals surface area (Å²) in [6.45, 7) is 0. The normalized spacial score (nSPS) is 11.1. The van der Waals surface area contributed by atoms with Crippen LogP contribution in [0.25, 0.3) is 16.9 Å². The third-order valence-corrected chi connectivity index (χ3v) is 6.43. The van der Waals surface area contributed by atoms with Gasteiger partial charge in [0.05, 0.1) is 33.3 Å². The number of benzene rings is 2. The average molecular weight is 562 g/mol. The second-order valence-electron chi connectivity index (χ2n) is 8.42. The van der Waals surface area contributed by atoms with Crippen molar-refractivity contribution in [1.82, 2.24) is 29.7 Å². The van der Waals surface area contributed by atoms with Gasteiger partial charge in [-0.1, -0.05) is 18.2 Å². The maximum absolute atomic E-state index is 13.3. The standard InChI is InChI=1S/C24H19N9O4S2/c25-19-16(21(34)29-23(38)27-19)15(17-20(26)28-24(39)30-22(17)35)14-10-32(12-4-2-1-3-5-12)31-18(14)11-6-8-13(9-7-11)33(36)37/h1-10,15H,(H4,25,27,29,34,38)(H4,26,28,30,35,39). The number of nitro groups is 1. The average Bonchev–Trinajstić information content (AvgIpc) is 3.32. The third-order valence-electron chi connectivity index (χ3n) is 6.02. The van der Waals surface area contributed by atoms with Crippen molar-refractivity contribution in [2.24, 2.45) is 0 Å². The lowest BCUT2D eigenvalue weighted by Crippen LogP contribution is -2.28. The summed E-state index contributed by atoms with van der Waals surface area (Å²) in [5.41, 5.74) is 12.9. The molecule has 15 heteroatoms. The minimum atomic E-state index is -1.17. The van der Waals surface area contributed by atoms with E-state index in [-0.39, 0.29) is 38.0 Å². The maximum Gasteiger partial charge on any atom is 0.269 e. The molecule has 3 heterocycles. The Morgan fingerprint density at radius 2 is 1.38 bits per heavy atom. The van der Waals surface area contributed by atoms with Crippen molar-refractivity contribution in [3.8, 4) is 16.9 Å². The molecule has 0 aliphatic rings. The molecule has 5 rings (SSSR count). The van der Waals surface area contributed by atoms with E-state index in [9.17, 15) is 19.7 Å². The lowest BCUT2D eigenvalue weighted by molar-refractivity contribution is -0.384. The van der Waals surface area contributed by atoms with E-state index in [0.29, 0.717) is 22.5 Å². The zero-order chi connectivity index (χ0) is 27.8. The van der Waals surface area contributed by atoms with Gasteiger partial charge in [0, 0.05) is 29.5 Å². The van der Waals surface area contributed by atoms with Gasteiger partial charge in [-0.2, -0.15) is 5.10 Å². The fourth-order valence-electron chi connectivity index (χ4n) is 4.33. The van der Waals surface area contributed by atoms with Crippen LogP contribution < -0.4 is 22.6 Å². The number of non-ortho nitro benzene ring substituents is 1. The van der Waals surface area contributed by atoms with Crippen molar-refractivity contribution in [2.75, 3.05) is 11.5 Å². The molecule has 0 amide bonds. The molecule has 196 valence electrons. The predicted molar refractivity (Wildman–Crippen MR) is 150 cm³/mol. The number of aromatic nitrogens is 6. The van der Waals surface area contributed by atoms with Gasteiger partial charge in [-0.3, -0.25) is 29.7 Å². The number of nitrogens with two attached hydrogens (primary N) is 2. The quantitative estimate of drug-likeness (QED) is 0.102. The molecule has 13 nitrogen and oxygen atoms in total. The number of hydrogen-bond acceptors (Lipinski definition) is 9. The Bertz CT molecular complexity index is 1880. The van der Waals surface area contributed by atoms with Crippen LogP contribution in [0.4, 0.5) is 17.3 Å². The number of nitrogen functional groups attached to an aromatic ring is 2. The second-order valence-corrected chi connectivity index (χ2v) is 9.24. The summed E-state index contributed by atoms with van der Waals surface area (Å²) in [6, 6.07) is 14.8. The number of nitro benzene ring substituents is 1. The van der Waals surface area contributed by atoms with E-state index in [1.807, 2.05) is 30.3 Å². The molecule has 0 aliphatic carbocycles. The van der Waals surface area contributed by atoms with Crippen LogP contribution in [0.2, 0.25) is 0 Å². The molecule has 0 fully saturated rings. The van der Waals surface area contributed by atoms with Gasteiger partial charge in [-0.25, -0.2) is 4.68 Å². The Morgan fingerprint density at radius 3 is 1.87 bits per heavy atom.